The number of piperidine rings is 1. The second-order valence-electron chi connectivity index (χ2n) is 8.81. The SMILES string of the molecule is COc1ccc(C(=O)NC(C(=O)NCC2CCN(C(C)C)CC2)c2ccccc2C)cc1. The highest BCUT2D eigenvalue weighted by molar-refractivity contribution is 5.98. The highest BCUT2D eigenvalue weighted by Gasteiger charge is 2.26. The standard InChI is InChI=1S/C26H35N3O3/c1-18(2)29-15-13-20(14-16-29)17-27-26(31)24(23-8-6-5-7-19(23)3)28-25(30)21-9-11-22(32-4)12-10-21/h5-12,18,20,24H,13-17H2,1-4H3,(H,27,31)(H,28,30). The van der Waals surface area contributed by atoms with E-state index in [1.54, 1.807) is 31.4 Å². The molecule has 3 rings (SSSR count). The Morgan fingerprint density at radius 3 is 2.31 bits per heavy atom. The van der Waals surface area contributed by atoms with Crippen molar-refractivity contribution in [1.82, 2.24) is 15.5 Å². The van der Waals surface area contributed by atoms with Crippen molar-refractivity contribution >= 4 is 11.8 Å². The molecule has 1 atom stereocenters. The summed E-state index contributed by atoms with van der Waals surface area (Å²) < 4.78 is 5.16. The zero-order valence-corrected chi connectivity index (χ0v) is 19.6. The van der Waals surface area contributed by atoms with Crippen LogP contribution in [0.15, 0.2) is 48.5 Å². The maximum atomic E-state index is 13.2. The van der Waals surface area contributed by atoms with Gasteiger partial charge in [-0.2, -0.15) is 0 Å². The number of nitrogens with zero attached hydrogens (tertiary/aromatic N) is 1. The number of nitrogens with one attached hydrogen (secondary N) is 2. The van der Waals surface area contributed by atoms with Crippen LogP contribution in [-0.2, 0) is 4.79 Å². The zero-order chi connectivity index (χ0) is 23.1. The molecular formula is C26H35N3O3. The molecule has 1 heterocycles. The van der Waals surface area contributed by atoms with Crippen molar-refractivity contribution in [3.8, 4) is 5.75 Å². The lowest BCUT2D eigenvalue weighted by Gasteiger charge is -2.34. The third-order valence-electron chi connectivity index (χ3n) is 6.33. The van der Waals surface area contributed by atoms with Crippen molar-refractivity contribution in [2.45, 2.75) is 45.7 Å². The molecule has 0 saturated carbocycles. The van der Waals surface area contributed by atoms with Crippen molar-refractivity contribution in [3.05, 3.63) is 65.2 Å². The Hall–Kier alpha value is -2.86. The number of methoxy groups -OCH3 is 1. The Labute approximate surface area is 191 Å². The number of benzene rings is 2. The lowest BCUT2D eigenvalue weighted by Crippen LogP contribution is -2.44. The molecule has 6 heteroatoms. The topological polar surface area (TPSA) is 70.7 Å². The third-order valence-corrected chi connectivity index (χ3v) is 6.33. The molecule has 2 aromatic rings. The van der Waals surface area contributed by atoms with Crippen LogP contribution >= 0.6 is 0 Å². The summed E-state index contributed by atoms with van der Waals surface area (Å²) in [5.41, 5.74) is 2.26. The maximum Gasteiger partial charge on any atom is 0.252 e. The average Bonchev–Trinajstić information content (AvgIpc) is 2.81. The minimum absolute atomic E-state index is 0.174. The van der Waals surface area contributed by atoms with Gasteiger partial charge in [0, 0.05) is 18.2 Å². The van der Waals surface area contributed by atoms with E-state index in [9.17, 15) is 9.59 Å². The Balaban J connectivity index is 1.68. The minimum Gasteiger partial charge on any atom is -0.497 e. The van der Waals surface area contributed by atoms with Crippen molar-refractivity contribution in [3.63, 3.8) is 0 Å². The molecule has 172 valence electrons. The number of likely N-dealkylation sites (tertiary alicyclic amines) is 1. The normalized spacial score (nSPS) is 15.9. The molecule has 2 aromatic carbocycles. The van der Waals surface area contributed by atoms with Crippen molar-refractivity contribution < 1.29 is 14.3 Å². The molecule has 1 saturated heterocycles. The van der Waals surface area contributed by atoms with Gasteiger partial charge in [0.05, 0.1) is 7.11 Å². The van der Waals surface area contributed by atoms with Gasteiger partial charge in [0.25, 0.3) is 5.91 Å². The van der Waals surface area contributed by atoms with Crippen molar-refractivity contribution in [2.24, 2.45) is 5.92 Å². The van der Waals surface area contributed by atoms with Gasteiger partial charge >= 0.3 is 0 Å². The third kappa shape index (κ3) is 6.10. The first-order valence-corrected chi connectivity index (χ1v) is 11.4. The van der Waals surface area contributed by atoms with E-state index in [4.69, 9.17) is 4.74 Å². The Bertz CT molecular complexity index is 903. The number of ether oxygens (including phenoxy) is 1. The summed E-state index contributed by atoms with van der Waals surface area (Å²) in [5.74, 6) is 0.677. The Morgan fingerprint density at radius 2 is 1.72 bits per heavy atom. The quantitative estimate of drug-likeness (QED) is 0.661. The summed E-state index contributed by atoms with van der Waals surface area (Å²) in [7, 11) is 1.58. The van der Waals surface area contributed by atoms with Crippen LogP contribution in [0, 0.1) is 12.8 Å². The number of rotatable bonds is 8. The van der Waals surface area contributed by atoms with Gasteiger partial charge in [-0.05, 0) is 88.0 Å². The number of hydrogen-bond acceptors (Lipinski definition) is 4. The van der Waals surface area contributed by atoms with E-state index in [1.807, 2.05) is 31.2 Å². The molecule has 2 N–H and O–H groups in total. The fourth-order valence-corrected chi connectivity index (χ4v) is 4.17. The van der Waals surface area contributed by atoms with Gasteiger partial charge in [-0.3, -0.25) is 9.59 Å². The van der Waals surface area contributed by atoms with Gasteiger partial charge in [0.2, 0.25) is 5.91 Å². The van der Waals surface area contributed by atoms with E-state index >= 15 is 0 Å². The van der Waals surface area contributed by atoms with E-state index in [1.165, 1.54) is 0 Å². The van der Waals surface area contributed by atoms with E-state index in [0.717, 1.165) is 37.1 Å². The van der Waals surface area contributed by atoms with E-state index in [0.29, 0.717) is 29.8 Å². The van der Waals surface area contributed by atoms with Gasteiger partial charge in [-0.1, -0.05) is 24.3 Å². The molecule has 0 aliphatic carbocycles. The molecule has 6 nitrogen and oxygen atoms in total. The monoisotopic (exact) mass is 437 g/mol. The van der Waals surface area contributed by atoms with Crippen LogP contribution in [0.1, 0.15) is 54.2 Å². The van der Waals surface area contributed by atoms with Crippen LogP contribution < -0.4 is 15.4 Å². The summed E-state index contributed by atoms with van der Waals surface area (Å²) in [4.78, 5) is 28.6. The summed E-state index contributed by atoms with van der Waals surface area (Å²) in [6.07, 6.45) is 2.15. The summed E-state index contributed by atoms with van der Waals surface area (Å²) in [6.45, 7) is 9.16. The van der Waals surface area contributed by atoms with Crippen molar-refractivity contribution in [2.75, 3.05) is 26.7 Å². The number of carbonyl (C=O) groups excluding carboxylic acids is 2. The largest absolute Gasteiger partial charge is 0.497 e. The lowest BCUT2D eigenvalue weighted by molar-refractivity contribution is -0.123. The maximum absolute atomic E-state index is 13.2. The molecular weight excluding hydrogens is 402 g/mol. The van der Waals surface area contributed by atoms with Gasteiger partial charge in [0.1, 0.15) is 11.8 Å². The second kappa shape index (κ2) is 11.1. The van der Waals surface area contributed by atoms with Crippen LogP contribution in [-0.4, -0.2) is 49.5 Å². The smallest absolute Gasteiger partial charge is 0.252 e. The first-order chi connectivity index (χ1) is 15.4. The number of aryl methyl sites for hydroxylation is 1. The predicted octanol–water partition coefficient (Wildman–Crippen LogP) is 3.71. The van der Waals surface area contributed by atoms with Crippen LogP contribution in [0.25, 0.3) is 0 Å². The second-order valence-corrected chi connectivity index (χ2v) is 8.81. The Kier molecular flexibility index (Phi) is 8.28. The summed E-state index contributed by atoms with van der Waals surface area (Å²) in [5, 5.41) is 6.04. The highest BCUT2D eigenvalue weighted by atomic mass is 16.5. The molecule has 0 spiro atoms. The molecule has 0 radical (unpaired) electrons. The van der Waals surface area contributed by atoms with Crippen LogP contribution in [0.3, 0.4) is 0 Å². The number of hydrogen-bond donors (Lipinski definition) is 2. The molecule has 0 bridgehead atoms. The Morgan fingerprint density at radius 1 is 1.06 bits per heavy atom. The van der Waals surface area contributed by atoms with E-state index in [-0.39, 0.29) is 11.8 Å². The van der Waals surface area contributed by atoms with Crippen LogP contribution in [0.5, 0.6) is 5.75 Å². The summed E-state index contributed by atoms with van der Waals surface area (Å²) in [6, 6.07) is 14.4. The van der Waals surface area contributed by atoms with Gasteiger partial charge < -0.3 is 20.3 Å². The molecule has 1 aliphatic heterocycles. The van der Waals surface area contributed by atoms with Crippen molar-refractivity contribution in [1.29, 1.82) is 0 Å². The molecule has 1 aliphatic rings. The molecule has 2 amide bonds. The zero-order valence-electron chi connectivity index (χ0n) is 19.6. The average molecular weight is 438 g/mol. The fraction of sp³-hybridized carbons (Fsp3) is 0.462. The number of amides is 2. The van der Waals surface area contributed by atoms with Crippen LogP contribution in [0.2, 0.25) is 0 Å². The first kappa shape index (κ1) is 23.8. The minimum atomic E-state index is -0.749. The van der Waals surface area contributed by atoms with Crippen LogP contribution in [0.4, 0.5) is 0 Å². The van der Waals surface area contributed by atoms with Gasteiger partial charge in [-0.15, -0.1) is 0 Å². The number of carbonyl (C=O) groups is 2. The van der Waals surface area contributed by atoms with Gasteiger partial charge in [-0.25, -0.2) is 0 Å². The fourth-order valence-electron chi connectivity index (χ4n) is 4.17. The first-order valence-electron chi connectivity index (χ1n) is 11.4. The van der Waals surface area contributed by atoms with Gasteiger partial charge in [0.15, 0.2) is 0 Å². The summed E-state index contributed by atoms with van der Waals surface area (Å²) >= 11 is 0. The molecule has 1 unspecified atom stereocenters. The lowest BCUT2D eigenvalue weighted by atomic mass is 9.95. The highest BCUT2D eigenvalue weighted by Crippen LogP contribution is 2.21. The predicted molar refractivity (Wildman–Crippen MR) is 127 cm³/mol. The molecule has 32 heavy (non-hydrogen) atoms. The van der Waals surface area contributed by atoms with E-state index in [2.05, 4.69) is 29.4 Å². The van der Waals surface area contributed by atoms with E-state index < -0.39 is 6.04 Å². The molecule has 0 aromatic heterocycles. The molecule has 1 fully saturated rings.